The number of ether oxygens (including phenoxy) is 1. The molecule has 25 heavy (non-hydrogen) atoms. The Morgan fingerprint density at radius 3 is 2.44 bits per heavy atom. The predicted octanol–water partition coefficient (Wildman–Crippen LogP) is 5.80. The zero-order valence-corrected chi connectivity index (χ0v) is 14.1. The van der Waals surface area contributed by atoms with Crippen molar-refractivity contribution < 1.29 is 18.3 Å². The Morgan fingerprint density at radius 2 is 1.76 bits per heavy atom. The second-order valence-electron chi connectivity index (χ2n) is 6.74. The van der Waals surface area contributed by atoms with Crippen LogP contribution < -0.4 is 0 Å². The summed E-state index contributed by atoms with van der Waals surface area (Å²) in [5.41, 5.74) is 0.368. The summed E-state index contributed by atoms with van der Waals surface area (Å²) in [7, 11) is 0. The Bertz CT molecular complexity index is 777. The Kier molecular flexibility index (Phi) is 5.47. The Hall–Kier alpha value is -2.23. The van der Waals surface area contributed by atoms with Gasteiger partial charge in [-0.15, -0.1) is 6.58 Å². The lowest BCUT2D eigenvalue weighted by molar-refractivity contribution is 0.0162. The van der Waals surface area contributed by atoms with Crippen molar-refractivity contribution in [3.05, 3.63) is 60.2 Å². The van der Waals surface area contributed by atoms with Crippen LogP contribution in [0.5, 0.6) is 0 Å². The molecule has 2 aromatic carbocycles. The zero-order chi connectivity index (χ0) is 17.8. The van der Waals surface area contributed by atoms with Crippen molar-refractivity contribution in [3.63, 3.8) is 0 Å². The number of allylic oxidation sites excluding steroid dienone is 1. The SMILES string of the molecule is C=CCCC1CCC(OC(=O)c2ccc3cc(F)c(F)cc3c2)CC1. The number of hydrogen-bond donors (Lipinski definition) is 0. The summed E-state index contributed by atoms with van der Waals surface area (Å²) in [6.45, 7) is 3.75. The van der Waals surface area contributed by atoms with E-state index in [0.29, 0.717) is 22.3 Å². The molecule has 0 saturated heterocycles. The molecule has 1 fully saturated rings. The van der Waals surface area contributed by atoms with Gasteiger partial charge in [-0.3, -0.25) is 0 Å². The molecular weight excluding hydrogens is 322 g/mol. The van der Waals surface area contributed by atoms with Crippen LogP contribution in [-0.2, 0) is 4.74 Å². The molecule has 1 aliphatic rings. The third kappa shape index (κ3) is 4.25. The average Bonchev–Trinajstić information content (AvgIpc) is 2.61. The molecule has 0 unspecified atom stereocenters. The van der Waals surface area contributed by atoms with Crippen LogP contribution in [0, 0.1) is 17.6 Å². The fourth-order valence-electron chi connectivity index (χ4n) is 3.48. The normalized spacial score (nSPS) is 20.4. The van der Waals surface area contributed by atoms with Crippen molar-refractivity contribution >= 4 is 16.7 Å². The maximum absolute atomic E-state index is 13.4. The average molecular weight is 344 g/mol. The summed E-state index contributed by atoms with van der Waals surface area (Å²) < 4.78 is 32.2. The zero-order valence-electron chi connectivity index (χ0n) is 14.1. The van der Waals surface area contributed by atoms with Crippen LogP contribution in [0.3, 0.4) is 0 Å². The number of benzene rings is 2. The third-order valence-electron chi connectivity index (χ3n) is 4.96. The molecule has 0 aliphatic heterocycles. The molecule has 0 aromatic heterocycles. The maximum atomic E-state index is 13.4. The number of esters is 1. The first-order chi connectivity index (χ1) is 12.1. The van der Waals surface area contributed by atoms with E-state index >= 15 is 0 Å². The first-order valence-electron chi connectivity index (χ1n) is 8.77. The van der Waals surface area contributed by atoms with Crippen LogP contribution in [0.15, 0.2) is 43.0 Å². The van der Waals surface area contributed by atoms with E-state index in [1.807, 2.05) is 6.08 Å². The molecule has 2 aromatic rings. The molecule has 0 spiro atoms. The molecule has 0 atom stereocenters. The van der Waals surface area contributed by atoms with Gasteiger partial charge in [-0.25, -0.2) is 13.6 Å². The molecule has 3 rings (SSSR count). The molecular formula is C21H22F2O2. The van der Waals surface area contributed by atoms with Crippen molar-refractivity contribution in [3.8, 4) is 0 Å². The van der Waals surface area contributed by atoms with Crippen LogP contribution in [0.2, 0.25) is 0 Å². The summed E-state index contributed by atoms with van der Waals surface area (Å²) >= 11 is 0. The monoisotopic (exact) mass is 344 g/mol. The number of rotatable bonds is 5. The standard InChI is InChI=1S/C21H22F2O2/c1-2-3-4-14-5-9-18(10-6-14)25-21(24)16-8-7-15-12-19(22)20(23)13-17(15)11-16/h2,7-8,11-14,18H,1,3-6,9-10H2. The maximum Gasteiger partial charge on any atom is 0.338 e. The van der Waals surface area contributed by atoms with Crippen LogP contribution >= 0.6 is 0 Å². The molecule has 4 heteroatoms. The minimum Gasteiger partial charge on any atom is -0.459 e. The highest BCUT2D eigenvalue weighted by Gasteiger charge is 2.24. The van der Waals surface area contributed by atoms with Gasteiger partial charge in [0.05, 0.1) is 5.56 Å². The number of fused-ring (bicyclic) bond motifs is 1. The van der Waals surface area contributed by atoms with E-state index < -0.39 is 17.6 Å². The van der Waals surface area contributed by atoms with E-state index in [4.69, 9.17) is 4.74 Å². The van der Waals surface area contributed by atoms with Crippen molar-refractivity contribution in [1.29, 1.82) is 0 Å². The van der Waals surface area contributed by atoms with Crippen LogP contribution in [0.4, 0.5) is 8.78 Å². The lowest BCUT2D eigenvalue weighted by atomic mass is 9.84. The molecule has 1 saturated carbocycles. The van der Waals surface area contributed by atoms with Gasteiger partial charge in [-0.05, 0) is 79.5 Å². The van der Waals surface area contributed by atoms with E-state index in [0.717, 1.165) is 50.7 Å². The lowest BCUT2D eigenvalue weighted by Crippen LogP contribution is -2.24. The molecule has 132 valence electrons. The van der Waals surface area contributed by atoms with E-state index in [1.54, 1.807) is 18.2 Å². The van der Waals surface area contributed by atoms with Crippen LogP contribution in [0.25, 0.3) is 10.8 Å². The highest BCUT2D eigenvalue weighted by molar-refractivity contribution is 5.95. The third-order valence-corrected chi connectivity index (χ3v) is 4.96. The highest BCUT2D eigenvalue weighted by atomic mass is 19.2. The number of halogens is 2. The number of carbonyl (C=O) groups is 1. The summed E-state index contributed by atoms with van der Waals surface area (Å²) in [6, 6.07) is 6.99. The van der Waals surface area contributed by atoms with Gasteiger partial charge < -0.3 is 4.74 Å². The van der Waals surface area contributed by atoms with Crippen molar-refractivity contribution in [2.45, 2.75) is 44.6 Å². The van der Waals surface area contributed by atoms with Crippen molar-refractivity contribution in [2.75, 3.05) is 0 Å². The van der Waals surface area contributed by atoms with Crippen LogP contribution in [-0.4, -0.2) is 12.1 Å². The molecule has 1 aliphatic carbocycles. The molecule has 0 heterocycles. The largest absolute Gasteiger partial charge is 0.459 e. The minimum atomic E-state index is -0.920. The lowest BCUT2D eigenvalue weighted by Gasteiger charge is -2.28. The fraction of sp³-hybridized carbons (Fsp3) is 0.381. The second-order valence-corrected chi connectivity index (χ2v) is 6.74. The quantitative estimate of drug-likeness (QED) is 0.506. The van der Waals surface area contributed by atoms with Crippen molar-refractivity contribution in [2.24, 2.45) is 5.92 Å². The van der Waals surface area contributed by atoms with Gasteiger partial charge in [-0.1, -0.05) is 12.1 Å². The Morgan fingerprint density at radius 1 is 1.08 bits per heavy atom. The molecule has 0 N–H and O–H groups in total. The van der Waals surface area contributed by atoms with Gasteiger partial charge in [0.1, 0.15) is 6.10 Å². The van der Waals surface area contributed by atoms with Crippen LogP contribution in [0.1, 0.15) is 48.9 Å². The number of hydrogen-bond acceptors (Lipinski definition) is 2. The smallest absolute Gasteiger partial charge is 0.338 e. The first-order valence-corrected chi connectivity index (χ1v) is 8.77. The van der Waals surface area contributed by atoms with E-state index in [-0.39, 0.29) is 6.10 Å². The summed E-state index contributed by atoms with van der Waals surface area (Å²) in [6.07, 6.45) is 7.94. The van der Waals surface area contributed by atoms with E-state index in [1.165, 1.54) is 0 Å². The molecule has 0 radical (unpaired) electrons. The van der Waals surface area contributed by atoms with Gasteiger partial charge >= 0.3 is 5.97 Å². The summed E-state index contributed by atoms with van der Waals surface area (Å²) in [4.78, 5) is 12.4. The molecule has 2 nitrogen and oxygen atoms in total. The molecule has 0 amide bonds. The first kappa shape index (κ1) is 17.6. The fourth-order valence-corrected chi connectivity index (χ4v) is 3.48. The van der Waals surface area contributed by atoms with E-state index in [2.05, 4.69) is 6.58 Å². The Labute approximate surface area is 146 Å². The summed E-state index contributed by atoms with van der Waals surface area (Å²) in [5.74, 6) is -1.53. The van der Waals surface area contributed by atoms with Gasteiger partial charge in [0.25, 0.3) is 0 Å². The van der Waals surface area contributed by atoms with Gasteiger partial charge in [0.2, 0.25) is 0 Å². The van der Waals surface area contributed by atoms with Gasteiger partial charge in [0, 0.05) is 0 Å². The van der Waals surface area contributed by atoms with Gasteiger partial charge in [-0.2, -0.15) is 0 Å². The number of carbonyl (C=O) groups excluding carboxylic acids is 1. The van der Waals surface area contributed by atoms with E-state index in [9.17, 15) is 13.6 Å². The summed E-state index contributed by atoms with van der Waals surface area (Å²) in [5, 5.41) is 1.04. The Balaban J connectivity index is 1.63. The highest BCUT2D eigenvalue weighted by Crippen LogP contribution is 2.30. The second kappa shape index (κ2) is 7.77. The van der Waals surface area contributed by atoms with Gasteiger partial charge in [0.15, 0.2) is 11.6 Å². The predicted molar refractivity (Wildman–Crippen MR) is 94.5 cm³/mol. The van der Waals surface area contributed by atoms with Crippen molar-refractivity contribution in [1.82, 2.24) is 0 Å². The minimum absolute atomic E-state index is 0.0619. The molecule has 0 bridgehead atoms. The topological polar surface area (TPSA) is 26.3 Å².